The summed E-state index contributed by atoms with van der Waals surface area (Å²) in [6.45, 7) is 0.976. The minimum Gasteiger partial charge on any atom is -0.395 e. The summed E-state index contributed by atoms with van der Waals surface area (Å²) in [7, 11) is 0. The van der Waals surface area contributed by atoms with Crippen molar-refractivity contribution in [1.29, 1.82) is 0 Å². The minimum absolute atomic E-state index is 0.00954. The Kier molecular flexibility index (Phi) is 5.57. The smallest absolute Gasteiger partial charge is 0.145 e. The van der Waals surface area contributed by atoms with Crippen LogP contribution in [0.2, 0.25) is 5.02 Å². The average Bonchev–Trinajstić information content (AvgIpc) is 2.87. The van der Waals surface area contributed by atoms with Gasteiger partial charge in [0, 0.05) is 18.5 Å². The SMILES string of the molecule is NC1C(c2cccc(Cl)c2F)C[C@H](CO)N1CC1CCCCC1. The van der Waals surface area contributed by atoms with Gasteiger partial charge in [0.25, 0.3) is 0 Å². The number of rotatable bonds is 4. The molecule has 1 saturated carbocycles. The van der Waals surface area contributed by atoms with Gasteiger partial charge in [0.15, 0.2) is 0 Å². The lowest BCUT2D eigenvalue weighted by Crippen LogP contribution is -2.47. The largest absolute Gasteiger partial charge is 0.395 e. The Balaban J connectivity index is 1.77. The van der Waals surface area contributed by atoms with Crippen LogP contribution in [0.3, 0.4) is 0 Å². The predicted octanol–water partition coefficient (Wildman–Crippen LogP) is 3.49. The number of nitrogens with zero attached hydrogens (tertiary/aromatic N) is 1. The van der Waals surface area contributed by atoms with Crippen LogP contribution in [-0.4, -0.2) is 35.4 Å². The number of aliphatic hydroxyl groups is 1. The number of hydrogen-bond acceptors (Lipinski definition) is 3. The lowest BCUT2D eigenvalue weighted by molar-refractivity contribution is 0.102. The van der Waals surface area contributed by atoms with Crippen LogP contribution in [0.4, 0.5) is 4.39 Å². The summed E-state index contributed by atoms with van der Waals surface area (Å²) in [6, 6.07) is 5.11. The molecular weight excluding hydrogens is 315 g/mol. The fraction of sp³-hybridized carbons (Fsp3) is 0.667. The molecular formula is C18H26ClFN2O. The molecule has 1 aromatic rings. The van der Waals surface area contributed by atoms with Crippen LogP contribution < -0.4 is 5.73 Å². The highest BCUT2D eigenvalue weighted by Crippen LogP contribution is 2.39. The summed E-state index contributed by atoms with van der Waals surface area (Å²) >= 11 is 5.92. The van der Waals surface area contributed by atoms with Gasteiger partial charge in [0.2, 0.25) is 0 Å². The first-order valence-corrected chi connectivity index (χ1v) is 9.05. The van der Waals surface area contributed by atoms with Crippen molar-refractivity contribution >= 4 is 11.6 Å². The molecule has 1 aliphatic carbocycles. The van der Waals surface area contributed by atoms with Gasteiger partial charge in [-0.3, -0.25) is 4.90 Å². The monoisotopic (exact) mass is 340 g/mol. The van der Waals surface area contributed by atoms with E-state index in [1.54, 1.807) is 18.2 Å². The molecule has 2 aliphatic rings. The maximum Gasteiger partial charge on any atom is 0.145 e. The second kappa shape index (κ2) is 7.47. The van der Waals surface area contributed by atoms with Gasteiger partial charge in [-0.25, -0.2) is 4.39 Å². The van der Waals surface area contributed by atoms with Crippen LogP contribution in [-0.2, 0) is 0 Å². The van der Waals surface area contributed by atoms with E-state index in [2.05, 4.69) is 4.90 Å². The van der Waals surface area contributed by atoms with Gasteiger partial charge in [-0.2, -0.15) is 0 Å². The molecule has 1 saturated heterocycles. The molecule has 3 nitrogen and oxygen atoms in total. The normalized spacial score (nSPS) is 30.0. The first-order chi connectivity index (χ1) is 11.1. The van der Waals surface area contributed by atoms with Crippen molar-refractivity contribution in [2.45, 2.75) is 56.7 Å². The van der Waals surface area contributed by atoms with Crippen molar-refractivity contribution in [3.8, 4) is 0 Å². The number of hydrogen-bond donors (Lipinski definition) is 2. The highest BCUT2D eigenvalue weighted by Gasteiger charge is 2.41. The summed E-state index contributed by atoms with van der Waals surface area (Å²) in [5.41, 5.74) is 7.04. The van der Waals surface area contributed by atoms with Gasteiger partial charge in [-0.1, -0.05) is 43.0 Å². The second-order valence-electron chi connectivity index (χ2n) is 7.01. The molecule has 2 fully saturated rings. The highest BCUT2D eigenvalue weighted by atomic mass is 35.5. The van der Waals surface area contributed by atoms with Crippen molar-refractivity contribution in [3.63, 3.8) is 0 Å². The molecule has 0 bridgehead atoms. The fourth-order valence-corrected chi connectivity index (χ4v) is 4.46. The summed E-state index contributed by atoms with van der Waals surface area (Å²) in [5, 5.41) is 9.90. The van der Waals surface area contributed by atoms with Gasteiger partial charge in [-0.05, 0) is 36.8 Å². The second-order valence-corrected chi connectivity index (χ2v) is 7.42. The molecule has 0 radical (unpaired) electrons. The Hall–Kier alpha value is -0.680. The number of likely N-dealkylation sites (tertiary alicyclic amines) is 1. The van der Waals surface area contributed by atoms with Crippen LogP contribution in [0.5, 0.6) is 0 Å². The van der Waals surface area contributed by atoms with Gasteiger partial charge in [-0.15, -0.1) is 0 Å². The Bertz CT molecular complexity index is 536. The van der Waals surface area contributed by atoms with Crippen molar-refractivity contribution in [2.75, 3.05) is 13.2 Å². The molecule has 128 valence electrons. The highest BCUT2D eigenvalue weighted by molar-refractivity contribution is 6.30. The van der Waals surface area contributed by atoms with E-state index in [1.807, 2.05) is 0 Å². The molecule has 1 aromatic carbocycles. The fourth-order valence-electron chi connectivity index (χ4n) is 4.28. The molecule has 3 N–H and O–H groups in total. The number of halogens is 2. The van der Waals surface area contributed by atoms with Crippen molar-refractivity contribution in [1.82, 2.24) is 4.90 Å². The summed E-state index contributed by atoms with van der Waals surface area (Å²) in [4.78, 5) is 2.20. The maximum absolute atomic E-state index is 14.4. The zero-order chi connectivity index (χ0) is 16.4. The molecule has 0 spiro atoms. The predicted molar refractivity (Wildman–Crippen MR) is 90.9 cm³/mol. The van der Waals surface area contributed by atoms with E-state index >= 15 is 0 Å². The lowest BCUT2D eigenvalue weighted by atomic mass is 9.88. The van der Waals surface area contributed by atoms with E-state index in [9.17, 15) is 9.50 Å². The lowest BCUT2D eigenvalue weighted by Gasteiger charge is -2.33. The van der Waals surface area contributed by atoms with Crippen molar-refractivity contribution < 1.29 is 9.50 Å². The first kappa shape index (κ1) is 17.2. The number of benzene rings is 1. The van der Waals surface area contributed by atoms with Crippen LogP contribution in [0, 0.1) is 11.7 Å². The number of aliphatic hydroxyl groups excluding tert-OH is 1. The van der Waals surface area contributed by atoms with E-state index in [1.165, 1.54) is 32.1 Å². The molecule has 0 amide bonds. The van der Waals surface area contributed by atoms with Gasteiger partial charge in [0.1, 0.15) is 5.82 Å². The van der Waals surface area contributed by atoms with Gasteiger partial charge >= 0.3 is 0 Å². The van der Waals surface area contributed by atoms with E-state index < -0.39 is 0 Å². The summed E-state index contributed by atoms with van der Waals surface area (Å²) < 4.78 is 14.4. The van der Waals surface area contributed by atoms with Crippen LogP contribution >= 0.6 is 11.6 Å². The quantitative estimate of drug-likeness (QED) is 0.882. The first-order valence-electron chi connectivity index (χ1n) is 8.68. The van der Waals surface area contributed by atoms with Crippen molar-refractivity contribution in [2.24, 2.45) is 11.7 Å². The maximum atomic E-state index is 14.4. The van der Waals surface area contributed by atoms with E-state index in [0.29, 0.717) is 17.9 Å². The molecule has 1 aliphatic heterocycles. The van der Waals surface area contributed by atoms with Gasteiger partial charge < -0.3 is 10.8 Å². The third-order valence-corrected chi connectivity index (χ3v) is 5.87. The molecule has 5 heteroatoms. The molecule has 3 rings (SSSR count). The summed E-state index contributed by atoms with van der Waals surface area (Å²) in [6.07, 6.45) is 6.77. The Morgan fingerprint density at radius 3 is 2.70 bits per heavy atom. The van der Waals surface area contributed by atoms with E-state index in [4.69, 9.17) is 17.3 Å². The molecule has 3 atom stereocenters. The molecule has 23 heavy (non-hydrogen) atoms. The summed E-state index contributed by atoms with van der Waals surface area (Å²) in [5.74, 6) is 0.159. The van der Waals surface area contributed by atoms with E-state index in [-0.39, 0.29) is 35.6 Å². The standard InChI is InChI=1S/C18H26ClFN2O/c19-16-8-4-7-14(17(16)20)15-9-13(11-23)22(18(15)21)10-12-5-2-1-3-6-12/h4,7-8,12-13,15,18,23H,1-3,5-6,9-11,21H2/t13-,15?,18?/m1/s1. The Morgan fingerprint density at radius 2 is 2.00 bits per heavy atom. The molecule has 2 unspecified atom stereocenters. The third kappa shape index (κ3) is 3.55. The molecule has 1 heterocycles. The zero-order valence-electron chi connectivity index (χ0n) is 13.4. The zero-order valence-corrected chi connectivity index (χ0v) is 14.2. The number of nitrogens with two attached hydrogens (primary N) is 1. The topological polar surface area (TPSA) is 49.5 Å². The van der Waals surface area contributed by atoms with Crippen LogP contribution in [0.1, 0.15) is 50.0 Å². The minimum atomic E-state index is -0.370. The Labute approximate surface area is 142 Å². The van der Waals surface area contributed by atoms with Crippen molar-refractivity contribution in [3.05, 3.63) is 34.6 Å². The van der Waals surface area contributed by atoms with Crippen LogP contribution in [0.25, 0.3) is 0 Å². The third-order valence-electron chi connectivity index (χ3n) is 5.58. The average molecular weight is 341 g/mol. The van der Waals surface area contributed by atoms with Gasteiger partial charge in [0.05, 0.1) is 17.8 Å². The molecule has 0 aromatic heterocycles. The van der Waals surface area contributed by atoms with Crippen LogP contribution in [0.15, 0.2) is 18.2 Å². The Morgan fingerprint density at radius 1 is 1.26 bits per heavy atom. The van der Waals surface area contributed by atoms with E-state index in [0.717, 1.165) is 6.54 Å².